The first-order valence-electron chi connectivity index (χ1n) is 7.39. The predicted octanol–water partition coefficient (Wildman–Crippen LogP) is 2.85. The number of carbonyl (C=O) groups is 2. The van der Waals surface area contributed by atoms with E-state index in [9.17, 15) is 24.1 Å². The van der Waals surface area contributed by atoms with Crippen LogP contribution in [0.4, 0.5) is 15.8 Å². The van der Waals surface area contributed by atoms with Crippen molar-refractivity contribution in [2.75, 3.05) is 11.9 Å². The summed E-state index contributed by atoms with van der Waals surface area (Å²) in [6, 6.07) is 11.4. The first-order chi connectivity index (χ1) is 12.0. The molecule has 0 bridgehead atoms. The number of nitro groups is 1. The predicted molar refractivity (Wildman–Crippen MR) is 87.4 cm³/mol. The van der Waals surface area contributed by atoms with E-state index < -0.39 is 23.4 Å². The molecule has 2 aromatic carbocycles. The number of nitrogens with one attached hydrogen (secondary N) is 1. The molecule has 0 atom stereocenters. The fourth-order valence-electron chi connectivity index (χ4n) is 2.04. The van der Waals surface area contributed by atoms with Gasteiger partial charge >= 0.3 is 5.97 Å². The van der Waals surface area contributed by atoms with E-state index in [1.54, 1.807) is 12.1 Å². The molecular formula is C17H15FN2O5. The van der Waals surface area contributed by atoms with Gasteiger partial charge in [0.2, 0.25) is 0 Å². The molecule has 130 valence electrons. The maximum Gasteiger partial charge on any atom is 0.306 e. The lowest BCUT2D eigenvalue weighted by Gasteiger charge is -2.07. The maximum atomic E-state index is 12.8. The third-order valence-electron chi connectivity index (χ3n) is 3.27. The van der Waals surface area contributed by atoms with Crippen LogP contribution in [0.1, 0.15) is 12.0 Å². The fourth-order valence-corrected chi connectivity index (χ4v) is 2.04. The van der Waals surface area contributed by atoms with Gasteiger partial charge in [-0.25, -0.2) is 4.39 Å². The van der Waals surface area contributed by atoms with Crippen LogP contribution in [0.3, 0.4) is 0 Å². The summed E-state index contributed by atoms with van der Waals surface area (Å²) < 4.78 is 17.6. The monoisotopic (exact) mass is 346 g/mol. The Labute approximate surface area is 142 Å². The molecule has 0 aliphatic heterocycles. The number of halogens is 1. The molecule has 0 spiro atoms. The Bertz CT molecular complexity index is 777. The van der Waals surface area contributed by atoms with Crippen molar-refractivity contribution in [1.29, 1.82) is 0 Å². The highest BCUT2D eigenvalue weighted by molar-refractivity contribution is 5.94. The van der Waals surface area contributed by atoms with Crippen molar-refractivity contribution in [3.63, 3.8) is 0 Å². The third kappa shape index (κ3) is 5.69. The topological polar surface area (TPSA) is 98.5 Å². The molecule has 0 saturated heterocycles. The quantitative estimate of drug-likeness (QED) is 0.472. The van der Waals surface area contributed by atoms with E-state index in [1.165, 1.54) is 36.4 Å². The number of nitrogens with zero attached hydrogens (tertiary/aromatic N) is 1. The van der Waals surface area contributed by atoms with E-state index in [-0.39, 0.29) is 23.6 Å². The summed E-state index contributed by atoms with van der Waals surface area (Å²) in [5.41, 5.74) is 0.543. The van der Waals surface area contributed by atoms with Gasteiger partial charge in [-0.15, -0.1) is 0 Å². The molecule has 8 heteroatoms. The van der Waals surface area contributed by atoms with Gasteiger partial charge < -0.3 is 10.1 Å². The highest BCUT2D eigenvalue weighted by atomic mass is 19.1. The molecule has 2 aromatic rings. The molecule has 7 nitrogen and oxygen atoms in total. The van der Waals surface area contributed by atoms with Crippen LogP contribution in [0.2, 0.25) is 0 Å². The van der Waals surface area contributed by atoms with E-state index in [1.807, 2.05) is 0 Å². The zero-order chi connectivity index (χ0) is 18.2. The fraction of sp³-hybridized carbons (Fsp3) is 0.176. The zero-order valence-electron chi connectivity index (χ0n) is 13.1. The summed E-state index contributed by atoms with van der Waals surface area (Å²) >= 11 is 0. The Morgan fingerprint density at radius 2 is 1.80 bits per heavy atom. The molecule has 0 aliphatic carbocycles. The van der Waals surface area contributed by atoms with Gasteiger partial charge in [0, 0.05) is 12.5 Å². The van der Waals surface area contributed by atoms with Gasteiger partial charge in [0.25, 0.3) is 11.6 Å². The van der Waals surface area contributed by atoms with Gasteiger partial charge in [-0.05, 0) is 30.2 Å². The van der Waals surface area contributed by atoms with Crippen LogP contribution < -0.4 is 5.32 Å². The molecule has 1 N–H and O–H groups in total. The zero-order valence-corrected chi connectivity index (χ0v) is 13.1. The molecule has 0 heterocycles. The molecule has 0 saturated carbocycles. The number of anilines is 1. The molecule has 0 aliphatic rings. The van der Waals surface area contributed by atoms with Gasteiger partial charge in [-0.1, -0.05) is 24.3 Å². The van der Waals surface area contributed by atoms with Gasteiger partial charge in [0.05, 0.1) is 4.92 Å². The summed E-state index contributed by atoms with van der Waals surface area (Å²) in [7, 11) is 0. The van der Waals surface area contributed by atoms with E-state index in [0.29, 0.717) is 6.42 Å². The van der Waals surface area contributed by atoms with E-state index in [2.05, 4.69) is 5.32 Å². The second-order valence-electron chi connectivity index (χ2n) is 5.11. The number of ether oxygens (including phenoxy) is 1. The van der Waals surface area contributed by atoms with Crippen LogP contribution in [0.25, 0.3) is 0 Å². The van der Waals surface area contributed by atoms with Gasteiger partial charge in [-0.2, -0.15) is 0 Å². The summed E-state index contributed by atoms with van der Waals surface area (Å²) in [6.07, 6.45) is 0.384. The Kier molecular flexibility index (Phi) is 6.16. The smallest absolute Gasteiger partial charge is 0.306 e. The minimum absolute atomic E-state index is 0.0276. The standard InChI is InChI=1S/C17H15FN2O5/c18-13-8-5-12(6-9-13)7-10-17(22)25-11-16(21)19-14-3-1-2-4-15(14)20(23)24/h1-6,8-9H,7,10-11H2,(H,19,21). The molecule has 0 aromatic heterocycles. The number of hydrogen-bond donors (Lipinski definition) is 1. The molecule has 1 amide bonds. The number of rotatable bonds is 7. The highest BCUT2D eigenvalue weighted by Crippen LogP contribution is 2.22. The first-order valence-corrected chi connectivity index (χ1v) is 7.39. The van der Waals surface area contributed by atoms with Crippen molar-refractivity contribution >= 4 is 23.3 Å². The molecule has 0 fully saturated rings. The summed E-state index contributed by atoms with van der Waals surface area (Å²) in [4.78, 5) is 33.6. The Balaban J connectivity index is 1.79. The van der Waals surface area contributed by atoms with Crippen molar-refractivity contribution in [1.82, 2.24) is 0 Å². The molecule has 25 heavy (non-hydrogen) atoms. The number of para-hydroxylation sites is 2. The number of hydrogen-bond acceptors (Lipinski definition) is 5. The molecule has 0 unspecified atom stereocenters. The van der Waals surface area contributed by atoms with Crippen molar-refractivity contribution in [3.05, 3.63) is 70.0 Å². The average molecular weight is 346 g/mol. The third-order valence-corrected chi connectivity index (χ3v) is 3.27. The lowest BCUT2D eigenvalue weighted by Crippen LogP contribution is -2.21. The Morgan fingerprint density at radius 1 is 1.12 bits per heavy atom. The number of benzene rings is 2. The van der Waals surface area contributed by atoms with E-state index in [0.717, 1.165) is 5.56 Å². The van der Waals surface area contributed by atoms with Gasteiger partial charge in [0.1, 0.15) is 11.5 Å². The van der Waals surface area contributed by atoms with Crippen LogP contribution in [0, 0.1) is 15.9 Å². The van der Waals surface area contributed by atoms with Crippen molar-refractivity contribution in [2.24, 2.45) is 0 Å². The lowest BCUT2D eigenvalue weighted by atomic mass is 10.1. The summed E-state index contributed by atoms with van der Waals surface area (Å²) in [6.45, 7) is -0.547. The average Bonchev–Trinajstić information content (AvgIpc) is 2.59. The van der Waals surface area contributed by atoms with Crippen LogP contribution in [0.5, 0.6) is 0 Å². The van der Waals surface area contributed by atoms with Crippen LogP contribution in [-0.4, -0.2) is 23.4 Å². The second-order valence-corrected chi connectivity index (χ2v) is 5.11. The van der Waals surface area contributed by atoms with Gasteiger partial charge in [0.15, 0.2) is 6.61 Å². The minimum atomic E-state index is -0.676. The lowest BCUT2D eigenvalue weighted by molar-refractivity contribution is -0.383. The number of carbonyl (C=O) groups excluding carboxylic acids is 2. The molecule has 2 rings (SSSR count). The molecule has 0 radical (unpaired) electrons. The number of esters is 1. The van der Waals surface area contributed by atoms with Crippen LogP contribution in [-0.2, 0) is 20.7 Å². The Morgan fingerprint density at radius 3 is 2.48 bits per heavy atom. The Hall–Kier alpha value is -3.29. The van der Waals surface area contributed by atoms with E-state index >= 15 is 0 Å². The van der Waals surface area contributed by atoms with Crippen molar-refractivity contribution in [3.8, 4) is 0 Å². The van der Waals surface area contributed by atoms with Crippen LogP contribution >= 0.6 is 0 Å². The normalized spacial score (nSPS) is 10.1. The van der Waals surface area contributed by atoms with E-state index in [4.69, 9.17) is 4.74 Å². The van der Waals surface area contributed by atoms with Crippen molar-refractivity contribution < 1.29 is 23.6 Å². The largest absolute Gasteiger partial charge is 0.456 e. The SMILES string of the molecule is O=C(COC(=O)CCc1ccc(F)cc1)Nc1ccccc1[N+](=O)[O-]. The van der Waals surface area contributed by atoms with Gasteiger partial charge in [-0.3, -0.25) is 19.7 Å². The van der Waals surface area contributed by atoms with Crippen molar-refractivity contribution in [2.45, 2.75) is 12.8 Å². The number of amides is 1. The highest BCUT2D eigenvalue weighted by Gasteiger charge is 2.15. The maximum absolute atomic E-state index is 12.8. The first kappa shape index (κ1) is 18.1. The summed E-state index contributed by atoms with van der Waals surface area (Å²) in [5, 5.41) is 13.2. The number of nitro benzene ring substituents is 1. The molecular weight excluding hydrogens is 331 g/mol. The second kappa shape index (κ2) is 8.53. The van der Waals surface area contributed by atoms with Crippen LogP contribution in [0.15, 0.2) is 48.5 Å². The minimum Gasteiger partial charge on any atom is -0.456 e. The number of aryl methyl sites for hydroxylation is 1. The summed E-state index contributed by atoms with van der Waals surface area (Å²) in [5.74, 6) is -1.63.